The molecule has 142 valence electrons. The lowest BCUT2D eigenvalue weighted by molar-refractivity contribution is 0.0569. The molecule has 0 spiro atoms. The molecule has 0 bridgehead atoms. The summed E-state index contributed by atoms with van der Waals surface area (Å²) in [4.78, 5) is 4.23. The van der Waals surface area contributed by atoms with Crippen molar-refractivity contribution in [1.29, 1.82) is 0 Å². The molecule has 0 unspecified atom stereocenters. The molecular weight excluding hydrogens is 348 g/mol. The van der Waals surface area contributed by atoms with Gasteiger partial charge in [-0.2, -0.15) is 0 Å². The molecule has 1 atom stereocenters. The van der Waals surface area contributed by atoms with E-state index in [4.69, 9.17) is 26.8 Å². The van der Waals surface area contributed by atoms with Crippen LogP contribution in [0.4, 0.5) is 0 Å². The van der Waals surface area contributed by atoms with Crippen molar-refractivity contribution in [2.75, 3.05) is 7.11 Å². The molecule has 1 aliphatic carbocycles. The summed E-state index contributed by atoms with van der Waals surface area (Å²) in [5.41, 5.74) is 6.69. The van der Waals surface area contributed by atoms with Gasteiger partial charge in [0.15, 0.2) is 0 Å². The predicted octanol–water partition coefficient (Wildman–Crippen LogP) is 5.35. The Morgan fingerprint density at radius 1 is 1.31 bits per heavy atom. The molecule has 0 saturated heterocycles. The van der Waals surface area contributed by atoms with Crippen molar-refractivity contribution in [2.45, 2.75) is 64.5 Å². The second-order valence-electron chi connectivity index (χ2n) is 7.37. The summed E-state index contributed by atoms with van der Waals surface area (Å²) >= 11 is 6.48. The second-order valence-corrected chi connectivity index (χ2v) is 7.78. The summed E-state index contributed by atoms with van der Waals surface area (Å²) < 4.78 is 11.6. The van der Waals surface area contributed by atoms with Crippen LogP contribution in [-0.2, 0) is 0 Å². The molecule has 4 nitrogen and oxygen atoms in total. The zero-order valence-corrected chi connectivity index (χ0v) is 16.7. The van der Waals surface area contributed by atoms with Crippen LogP contribution in [-0.4, -0.2) is 24.2 Å². The third kappa shape index (κ3) is 3.63. The molecule has 1 saturated carbocycles. The van der Waals surface area contributed by atoms with Crippen molar-refractivity contribution in [3.05, 3.63) is 29.4 Å². The van der Waals surface area contributed by atoms with Crippen LogP contribution in [0.15, 0.2) is 24.4 Å². The minimum atomic E-state index is 0.192. The Morgan fingerprint density at radius 3 is 2.65 bits per heavy atom. The van der Waals surface area contributed by atoms with Gasteiger partial charge in [-0.05, 0) is 67.5 Å². The number of halogens is 1. The number of pyridine rings is 1. The van der Waals surface area contributed by atoms with Crippen LogP contribution in [0, 0.1) is 5.41 Å². The van der Waals surface area contributed by atoms with Crippen molar-refractivity contribution in [3.8, 4) is 11.6 Å². The predicted molar refractivity (Wildman–Crippen MR) is 107 cm³/mol. The van der Waals surface area contributed by atoms with E-state index in [2.05, 4.69) is 18.8 Å². The SMILES string of the molecule is CC[C@H](N)C1(CC)CCC(Oc2cc3ccnc(OC)c3cc2Cl)CC1. The van der Waals surface area contributed by atoms with Gasteiger partial charge in [0.2, 0.25) is 5.88 Å². The molecule has 1 fully saturated rings. The monoisotopic (exact) mass is 376 g/mol. The fourth-order valence-electron chi connectivity index (χ4n) is 4.28. The molecule has 2 aromatic rings. The number of fused-ring (bicyclic) bond motifs is 1. The van der Waals surface area contributed by atoms with Crippen molar-refractivity contribution >= 4 is 22.4 Å². The van der Waals surface area contributed by atoms with E-state index in [9.17, 15) is 0 Å². The summed E-state index contributed by atoms with van der Waals surface area (Å²) in [6.07, 6.45) is 8.38. The Hall–Kier alpha value is -1.52. The first-order valence-electron chi connectivity index (χ1n) is 9.57. The lowest BCUT2D eigenvalue weighted by atomic mass is 9.66. The van der Waals surface area contributed by atoms with Gasteiger partial charge in [0.1, 0.15) is 5.75 Å². The van der Waals surface area contributed by atoms with Gasteiger partial charge >= 0.3 is 0 Å². The molecule has 5 heteroatoms. The third-order valence-corrected chi connectivity index (χ3v) is 6.42. The topological polar surface area (TPSA) is 57.4 Å². The van der Waals surface area contributed by atoms with Crippen molar-refractivity contribution in [1.82, 2.24) is 4.98 Å². The number of nitrogens with zero attached hydrogens (tertiary/aromatic N) is 1. The first kappa shape index (κ1) is 19.2. The fourth-order valence-corrected chi connectivity index (χ4v) is 4.49. The van der Waals surface area contributed by atoms with E-state index in [1.165, 1.54) is 0 Å². The lowest BCUT2D eigenvalue weighted by Crippen LogP contribution is -2.45. The van der Waals surface area contributed by atoms with Crippen LogP contribution in [0.3, 0.4) is 0 Å². The normalized spacial score (nSPS) is 24.4. The Balaban J connectivity index is 1.75. The Labute approximate surface area is 161 Å². The fraction of sp³-hybridized carbons (Fsp3) is 0.571. The van der Waals surface area contributed by atoms with Crippen LogP contribution in [0.5, 0.6) is 11.6 Å². The van der Waals surface area contributed by atoms with Crippen LogP contribution in [0.2, 0.25) is 5.02 Å². The summed E-state index contributed by atoms with van der Waals surface area (Å²) in [5.74, 6) is 1.32. The van der Waals surface area contributed by atoms with Crippen molar-refractivity contribution in [3.63, 3.8) is 0 Å². The number of hydrogen-bond acceptors (Lipinski definition) is 4. The number of rotatable bonds is 6. The lowest BCUT2D eigenvalue weighted by Gasteiger charge is -2.43. The molecule has 1 aromatic carbocycles. The van der Waals surface area contributed by atoms with E-state index >= 15 is 0 Å². The van der Waals surface area contributed by atoms with E-state index in [1.807, 2.05) is 18.2 Å². The Morgan fingerprint density at radius 2 is 2.04 bits per heavy atom. The third-order valence-electron chi connectivity index (χ3n) is 6.13. The Kier molecular flexibility index (Phi) is 5.93. The average Bonchev–Trinajstić information content (AvgIpc) is 2.68. The average molecular weight is 377 g/mol. The van der Waals surface area contributed by atoms with Crippen LogP contribution in [0.1, 0.15) is 52.4 Å². The van der Waals surface area contributed by atoms with Gasteiger partial charge in [-0.25, -0.2) is 4.98 Å². The van der Waals surface area contributed by atoms with Gasteiger partial charge < -0.3 is 15.2 Å². The number of methoxy groups -OCH3 is 1. The number of nitrogens with two attached hydrogens (primary N) is 1. The van der Waals surface area contributed by atoms with E-state index < -0.39 is 0 Å². The number of aromatic nitrogens is 1. The highest BCUT2D eigenvalue weighted by Gasteiger charge is 2.38. The van der Waals surface area contributed by atoms with Crippen molar-refractivity contribution < 1.29 is 9.47 Å². The van der Waals surface area contributed by atoms with E-state index in [0.29, 0.717) is 10.9 Å². The maximum absolute atomic E-state index is 6.48. The molecule has 0 amide bonds. The molecule has 2 N–H and O–H groups in total. The second kappa shape index (κ2) is 8.01. The number of ether oxygens (including phenoxy) is 2. The number of hydrogen-bond donors (Lipinski definition) is 1. The molecule has 0 aliphatic heterocycles. The van der Waals surface area contributed by atoms with Gasteiger partial charge in [-0.1, -0.05) is 25.4 Å². The van der Waals surface area contributed by atoms with Gasteiger partial charge in [0, 0.05) is 17.6 Å². The van der Waals surface area contributed by atoms with Gasteiger partial charge in [0.25, 0.3) is 0 Å². The van der Waals surface area contributed by atoms with Gasteiger partial charge in [-0.15, -0.1) is 0 Å². The smallest absolute Gasteiger partial charge is 0.221 e. The quantitative estimate of drug-likeness (QED) is 0.738. The van der Waals surface area contributed by atoms with Crippen molar-refractivity contribution in [2.24, 2.45) is 11.1 Å². The number of benzene rings is 1. The molecule has 3 rings (SSSR count). The standard InChI is InChI=1S/C21H29ClN2O2/c1-4-19(23)21(5-2)9-6-15(7-10-21)26-18-12-14-8-11-24-20(25-3)16(14)13-17(18)22/h8,11-13,15,19H,4-7,9-10,23H2,1-3H3/t15?,19-,21?/m0/s1. The maximum atomic E-state index is 6.48. The largest absolute Gasteiger partial charge is 0.489 e. The highest BCUT2D eigenvalue weighted by atomic mass is 35.5. The zero-order chi connectivity index (χ0) is 18.7. The van der Waals surface area contributed by atoms with E-state index in [0.717, 1.165) is 55.0 Å². The highest BCUT2D eigenvalue weighted by molar-refractivity contribution is 6.33. The minimum Gasteiger partial charge on any atom is -0.489 e. The van der Waals surface area contributed by atoms with Gasteiger partial charge in [0.05, 0.1) is 18.2 Å². The van der Waals surface area contributed by atoms with E-state index in [-0.39, 0.29) is 17.6 Å². The molecule has 1 heterocycles. The molecule has 1 aliphatic rings. The summed E-state index contributed by atoms with van der Waals surface area (Å²) in [6.45, 7) is 4.45. The van der Waals surface area contributed by atoms with Gasteiger partial charge in [-0.3, -0.25) is 0 Å². The van der Waals surface area contributed by atoms with E-state index in [1.54, 1.807) is 13.3 Å². The summed E-state index contributed by atoms with van der Waals surface area (Å²) in [7, 11) is 1.61. The highest BCUT2D eigenvalue weighted by Crippen LogP contribution is 2.44. The Bertz CT molecular complexity index is 757. The summed E-state index contributed by atoms with van der Waals surface area (Å²) in [5, 5.41) is 2.51. The zero-order valence-electron chi connectivity index (χ0n) is 15.9. The molecular formula is C21H29ClN2O2. The first-order valence-corrected chi connectivity index (χ1v) is 9.95. The summed E-state index contributed by atoms with van der Waals surface area (Å²) in [6, 6.07) is 6.09. The van der Waals surface area contributed by atoms with Crippen LogP contribution < -0.4 is 15.2 Å². The maximum Gasteiger partial charge on any atom is 0.221 e. The molecule has 26 heavy (non-hydrogen) atoms. The molecule has 0 radical (unpaired) electrons. The van der Waals surface area contributed by atoms with Crippen LogP contribution >= 0.6 is 11.6 Å². The minimum absolute atomic E-state index is 0.192. The van der Waals surface area contributed by atoms with Crippen LogP contribution in [0.25, 0.3) is 10.8 Å². The molecule has 1 aromatic heterocycles. The first-order chi connectivity index (χ1) is 12.5.